The molecule has 0 fully saturated rings. The summed E-state index contributed by atoms with van der Waals surface area (Å²) in [5, 5.41) is 2.42. The first-order valence-electron chi connectivity index (χ1n) is 4.21. The number of aromatic nitrogens is 1. The third-order valence-electron chi connectivity index (χ3n) is 1.73. The molecular formula is C10H7Cl2NOS. The van der Waals surface area contributed by atoms with Gasteiger partial charge in [0.25, 0.3) is 0 Å². The van der Waals surface area contributed by atoms with Crippen molar-refractivity contribution in [1.29, 1.82) is 0 Å². The largest absolute Gasteiger partial charge is 0.487 e. The molecule has 0 saturated carbocycles. The third kappa shape index (κ3) is 3.09. The van der Waals surface area contributed by atoms with E-state index in [1.807, 2.05) is 11.4 Å². The highest BCUT2D eigenvalue weighted by Gasteiger charge is 1.99. The van der Waals surface area contributed by atoms with Crippen molar-refractivity contribution in [3.05, 3.63) is 44.8 Å². The van der Waals surface area contributed by atoms with Crippen LogP contribution in [0.3, 0.4) is 0 Å². The zero-order valence-electron chi connectivity index (χ0n) is 7.61. The second-order valence-electron chi connectivity index (χ2n) is 2.86. The van der Waals surface area contributed by atoms with Gasteiger partial charge in [0.05, 0.1) is 10.5 Å². The van der Waals surface area contributed by atoms with Gasteiger partial charge < -0.3 is 4.74 Å². The molecule has 0 aromatic carbocycles. The van der Waals surface area contributed by atoms with Crippen LogP contribution >= 0.6 is 34.5 Å². The van der Waals surface area contributed by atoms with Crippen molar-refractivity contribution in [2.24, 2.45) is 0 Å². The minimum absolute atomic E-state index is 0.459. The highest BCUT2D eigenvalue weighted by Crippen LogP contribution is 2.21. The van der Waals surface area contributed by atoms with E-state index < -0.39 is 0 Å². The standard InChI is InChI=1S/C10H7Cl2NOS/c11-9-2-1-8(4-13-9)14-5-7-3-10(12)15-6-7/h1-4,6H,5H2. The summed E-state index contributed by atoms with van der Waals surface area (Å²) >= 11 is 12.9. The molecule has 0 aliphatic rings. The maximum absolute atomic E-state index is 5.80. The van der Waals surface area contributed by atoms with E-state index in [-0.39, 0.29) is 0 Å². The van der Waals surface area contributed by atoms with E-state index in [0.29, 0.717) is 17.5 Å². The lowest BCUT2D eigenvalue weighted by Gasteiger charge is -2.03. The van der Waals surface area contributed by atoms with Crippen LogP contribution in [0.2, 0.25) is 9.49 Å². The summed E-state index contributed by atoms with van der Waals surface area (Å²) in [6.07, 6.45) is 1.59. The summed E-state index contributed by atoms with van der Waals surface area (Å²) in [6.45, 7) is 0.493. The Morgan fingerprint density at radius 1 is 1.33 bits per heavy atom. The van der Waals surface area contributed by atoms with Crippen LogP contribution in [0.25, 0.3) is 0 Å². The van der Waals surface area contributed by atoms with Gasteiger partial charge in [-0.3, -0.25) is 0 Å². The Morgan fingerprint density at radius 2 is 2.20 bits per heavy atom. The molecule has 0 atom stereocenters. The van der Waals surface area contributed by atoms with E-state index in [0.717, 1.165) is 9.90 Å². The van der Waals surface area contributed by atoms with Crippen molar-refractivity contribution in [3.63, 3.8) is 0 Å². The Kier molecular flexibility index (Phi) is 3.46. The summed E-state index contributed by atoms with van der Waals surface area (Å²) in [5.41, 5.74) is 1.06. The van der Waals surface area contributed by atoms with Crippen LogP contribution in [0.1, 0.15) is 5.56 Å². The quantitative estimate of drug-likeness (QED) is 0.777. The molecule has 15 heavy (non-hydrogen) atoms. The van der Waals surface area contributed by atoms with Gasteiger partial charge in [-0.25, -0.2) is 4.98 Å². The van der Waals surface area contributed by atoms with Gasteiger partial charge in [0.1, 0.15) is 17.5 Å². The molecule has 0 saturated heterocycles. The Hall–Kier alpha value is -0.770. The van der Waals surface area contributed by atoms with Crippen LogP contribution < -0.4 is 4.74 Å². The fraction of sp³-hybridized carbons (Fsp3) is 0.100. The van der Waals surface area contributed by atoms with Gasteiger partial charge in [0.15, 0.2) is 0 Å². The van der Waals surface area contributed by atoms with E-state index in [2.05, 4.69) is 4.98 Å². The minimum Gasteiger partial charge on any atom is -0.487 e. The van der Waals surface area contributed by atoms with Crippen LogP contribution in [-0.4, -0.2) is 4.98 Å². The van der Waals surface area contributed by atoms with Gasteiger partial charge in [0.2, 0.25) is 0 Å². The van der Waals surface area contributed by atoms with Crippen molar-refractivity contribution in [1.82, 2.24) is 4.98 Å². The SMILES string of the molecule is Clc1ccc(OCc2csc(Cl)c2)cn1. The number of halogens is 2. The lowest BCUT2D eigenvalue weighted by atomic mass is 10.4. The molecular weight excluding hydrogens is 253 g/mol. The average molecular weight is 260 g/mol. The van der Waals surface area contributed by atoms with E-state index >= 15 is 0 Å². The molecule has 0 aliphatic carbocycles. The highest BCUT2D eigenvalue weighted by molar-refractivity contribution is 7.14. The van der Waals surface area contributed by atoms with E-state index in [4.69, 9.17) is 27.9 Å². The molecule has 0 aliphatic heterocycles. The molecule has 2 nitrogen and oxygen atoms in total. The summed E-state index contributed by atoms with van der Waals surface area (Å²) in [5.74, 6) is 0.696. The van der Waals surface area contributed by atoms with Crippen LogP contribution in [0, 0.1) is 0 Å². The van der Waals surface area contributed by atoms with E-state index in [9.17, 15) is 0 Å². The monoisotopic (exact) mass is 259 g/mol. The van der Waals surface area contributed by atoms with E-state index in [1.165, 1.54) is 11.3 Å². The summed E-state index contributed by atoms with van der Waals surface area (Å²) in [4.78, 5) is 3.91. The number of hydrogen-bond donors (Lipinski definition) is 0. The van der Waals surface area contributed by atoms with Crippen molar-refractivity contribution in [3.8, 4) is 5.75 Å². The average Bonchev–Trinajstić information content (AvgIpc) is 2.64. The first-order chi connectivity index (χ1) is 7.24. The predicted octanol–water partition coefficient (Wildman–Crippen LogP) is 4.03. The molecule has 0 spiro atoms. The van der Waals surface area contributed by atoms with Gasteiger partial charge in [-0.1, -0.05) is 23.2 Å². The van der Waals surface area contributed by atoms with Crippen molar-refractivity contribution < 1.29 is 4.74 Å². The minimum atomic E-state index is 0.459. The fourth-order valence-corrected chi connectivity index (χ4v) is 2.04. The molecule has 0 amide bonds. The van der Waals surface area contributed by atoms with Gasteiger partial charge in [-0.15, -0.1) is 11.3 Å². The van der Waals surface area contributed by atoms with Gasteiger partial charge >= 0.3 is 0 Å². The Bertz CT molecular complexity index is 441. The number of hydrogen-bond acceptors (Lipinski definition) is 3. The van der Waals surface area contributed by atoms with Crippen molar-refractivity contribution in [2.45, 2.75) is 6.61 Å². The number of ether oxygens (including phenoxy) is 1. The summed E-state index contributed by atoms with van der Waals surface area (Å²) in [6, 6.07) is 5.36. The molecule has 0 bridgehead atoms. The van der Waals surface area contributed by atoms with Crippen molar-refractivity contribution >= 4 is 34.5 Å². The Morgan fingerprint density at radius 3 is 2.80 bits per heavy atom. The maximum atomic E-state index is 5.80. The predicted molar refractivity (Wildman–Crippen MR) is 62.9 cm³/mol. The second-order valence-corrected chi connectivity index (χ2v) is 4.79. The van der Waals surface area contributed by atoms with Crippen LogP contribution in [0.15, 0.2) is 29.8 Å². The Labute approximate surface area is 101 Å². The smallest absolute Gasteiger partial charge is 0.138 e. The summed E-state index contributed by atoms with van der Waals surface area (Å²) < 4.78 is 6.25. The first kappa shape index (κ1) is 10.7. The van der Waals surface area contributed by atoms with Crippen molar-refractivity contribution in [2.75, 3.05) is 0 Å². The molecule has 2 rings (SSSR count). The first-order valence-corrected chi connectivity index (χ1v) is 5.85. The lowest BCUT2D eigenvalue weighted by molar-refractivity contribution is 0.305. The maximum Gasteiger partial charge on any atom is 0.138 e. The van der Waals surface area contributed by atoms with Crippen LogP contribution in [0.5, 0.6) is 5.75 Å². The van der Waals surface area contributed by atoms with Gasteiger partial charge in [0, 0.05) is 5.56 Å². The Balaban J connectivity index is 1.96. The molecule has 2 aromatic rings. The van der Waals surface area contributed by atoms with Gasteiger partial charge in [-0.05, 0) is 23.6 Å². The number of nitrogens with zero attached hydrogens (tertiary/aromatic N) is 1. The molecule has 5 heteroatoms. The molecule has 2 aromatic heterocycles. The molecule has 0 N–H and O–H groups in total. The third-order valence-corrected chi connectivity index (χ3v) is 3.09. The summed E-state index contributed by atoms with van der Waals surface area (Å²) in [7, 11) is 0. The van der Waals surface area contributed by atoms with Crippen LogP contribution in [-0.2, 0) is 6.61 Å². The topological polar surface area (TPSA) is 22.1 Å². The van der Waals surface area contributed by atoms with E-state index in [1.54, 1.807) is 18.3 Å². The zero-order chi connectivity index (χ0) is 10.7. The molecule has 0 unspecified atom stereocenters. The molecule has 0 radical (unpaired) electrons. The number of pyridine rings is 1. The zero-order valence-corrected chi connectivity index (χ0v) is 9.94. The van der Waals surface area contributed by atoms with Crippen LogP contribution in [0.4, 0.5) is 0 Å². The normalized spacial score (nSPS) is 10.3. The highest BCUT2D eigenvalue weighted by atomic mass is 35.5. The number of rotatable bonds is 3. The molecule has 78 valence electrons. The number of thiophene rings is 1. The van der Waals surface area contributed by atoms with Gasteiger partial charge in [-0.2, -0.15) is 0 Å². The lowest BCUT2D eigenvalue weighted by Crippen LogP contribution is -1.93. The second kappa shape index (κ2) is 4.84. The molecule has 2 heterocycles. The fourth-order valence-electron chi connectivity index (χ4n) is 1.04.